The Balaban J connectivity index is 2.10. The van der Waals surface area contributed by atoms with Crippen molar-refractivity contribution in [3.8, 4) is 0 Å². The van der Waals surface area contributed by atoms with Gasteiger partial charge in [-0.15, -0.1) is 0 Å². The van der Waals surface area contributed by atoms with Crippen LogP contribution in [0.25, 0.3) is 0 Å². The second-order valence-electron chi connectivity index (χ2n) is 4.29. The summed E-state index contributed by atoms with van der Waals surface area (Å²) in [5.74, 6) is 0.731. The number of carbonyl (C=O) groups excluding carboxylic acids is 1. The average Bonchev–Trinajstić information content (AvgIpc) is 2.50. The maximum Gasteiger partial charge on any atom is 0.252 e. The van der Waals surface area contributed by atoms with Crippen LogP contribution in [0.3, 0.4) is 0 Å². The first-order valence-corrected chi connectivity index (χ1v) is 5.49. The number of nitrogens with zero attached hydrogens (tertiary/aromatic N) is 2. The van der Waals surface area contributed by atoms with Gasteiger partial charge >= 0.3 is 0 Å². The molecule has 0 aromatic heterocycles. The molecule has 0 atom stereocenters. The van der Waals surface area contributed by atoms with E-state index in [1.807, 2.05) is 6.92 Å². The minimum absolute atomic E-state index is 0.0859. The fraction of sp³-hybridized carbons (Fsp3) is 0.800. The number of hydrogen-bond donors (Lipinski definition) is 2. The summed E-state index contributed by atoms with van der Waals surface area (Å²) in [5.41, 5.74) is -0.388. The number of aliphatic imine (C=N–C) groups is 1. The van der Waals surface area contributed by atoms with Gasteiger partial charge in [0.1, 0.15) is 5.54 Å². The number of piperidine rings is 1. The van der Waals surface area contributed by atoms with Crippen molar-refractivity contribution in [2.45, 2.75) is 25.3 Å². The van der Waals surface area contributed by atoms with Crippen LogP contribution in [0.1, 0.15) is 19.8 Å². The number of carbonyl (C=O) groups is 1. The van der Waals surface area contributed by atoms with Gasteiger partial charge in [-0.05, 0) is 26.8 Å². The molecule has 0 aromatic carbocycles. The van der Waals surface area contributed by atoms with E-state index in [1.54, 1.807) is 0 Å². The van der Waals surface area contributed by atoms with Crippen LogP contribution in [0, 0.1) is 0 Å². The van der Waals surface area contributed by atoms with E-state index in [0.29, 0.717) is 12.5 Å². The van der Waals surface area contributed by atoms with Crippen molar-refractivity contribution in [2.24, 2.45) is 4.99 Å². The second kappa shape index (κ2) is 3.81. The number of guanidine groups is 1. The van der Waals surface area contributed by atoms with Crippen molar-refractivity contribution in [3.05, 3.63) is 0 Å². The molecular formula is C10H18N4O. The van der Waals surface area contributed by atoms with Gasteiger partial charge in [0.25, 0.3) is 5.91 Å². The average molecular weight is 210 g/mol. The molecule has 0 bridgehead atoms. The molecule has 0 aromatic rings. The Bertz CT molecular complexity index is 292. The van der Waals surface area contributed by atoms with Gasteiger partial charge in [-0.3, -0.25) is 15.1 Å². The highest BCUT2D eigenvalue weighted by Gasteiger charge is 2.46. The predicted molar refractivity (Wildman–Crippen MR) is 58.7 cm³/mol. The lowest BCUT2D eigenvalue weighted by Gasteiger charge is -2.35. The molecule has 2 saturated heterocycles. The van der Waals surface area contributed by atoms with Crippen LogP contribution < -0.4 is 10.6 Å². The molecule has 2 heterocycles. The lowest BCUT2D eigenvalue weighted by molar-refractivity contribution is -0.125. The van der Waals surface area contributed by atoms with Crippen LogP contribution in [0.15, 0.2) is 4.99 Å². The van der Waals surface area contributed by atoms with E-state index in [-0.39, 0.29) is 11.4 Å². The SMILES string of the molecule is CCN=C1NC(=O)C2(CCN(C)CC2)N1. The summed E-state index contributed by atoms with van der Waals surface area (Å²) in [4.78, 5) is 18.3. The summed E-state index contributed by atoms with van der Waals surface area (Å²) in [5, 5.41) is 6.05. The smallest absolute Gasteiger partial charge is 0.252 e. The van der Waals surface area contributed by atoms with Gasteiger partial charge in [0.15, 0.2) is 5.96 Å². The van der Waals surface area contributed by atoms with Gasteiger partial charge in [0.05, 0.1) is 0 Å². The van der Waals surface area contributed by atoms with E-state index >= 15 is 0 Å². The summed E-state index contributed by atoms with van der Waals surface area (Å²) >= 11 is 0. The van der Waals surface area contributed by atoms with Gasteiger partial charge in [0, 0.05) is 19.6 Å². The molecule has 2 N–H and O–H groups in total. The Morgan fingerprint density at radius 3 is 2.73 bits per heavy atom. The Morgan fingerprint density at radius 2 is 2.13 bits per heavy atom. The van der Waals surface area contributed by atoms with Crippen LogP contribution >= 0.6 is 0 Å². The molecule has 5 heteroatoms. The maximum absolute atomic E-state index is 11.9. The van der Waals surface area contributed by atoms with E-state index < -0.39 is 0 Å². The zero-order valence-electron chi connectivity index (χ0n) is 9.34. The minimum atomic E-state index is -0.388. The third-order valence-electron chi connectivity index (χ3n) is 3.18. The largest absolute Gasteiger partial charge is 0.342 e. The molecule has 0 aliphatic carbocycles. The van der Waals surface area contributed by atoms with Crippen LogP contribution in [0.4, 0.5) is 0 Å². The standard InChI is InChI=1S/C10H18N4O/c1-3-11-9-12-8(15)10(13-9)4-6-14(2)7-5-10/h3-7H2,1-2H3,(H2,11,12,13,15). The summed E-state index contributed by atoms with van der Waals surface area (Å²) in [6.45, 7) is 4.57. The first-order valence-electron chi connectivity index (χ1n) is 5.49. The Labute approximate surface area is 89.9 Å². The van der Waals surface area contributed by atoms with Crippen molar-refractivity contribution in [1.82, 2.24) is 15.5 Å². The third-order valence-corrected chi connectivity index (χ3v) is 3.18. The first kappa shape index (κ1) is 10.4. The van der Waals surface area contributed by atoms with Crippen molar-refractivity contribution < 1.29 is 4.79 Å². The van der Waals surface area contributed by atoms with Gasteiger partial charge in [0.2, 0.25) is 0 Å². The molecule has 2 aliphatic rings. The molecule has 5 nitrogen and oxygen atoms in total. The lowest BCUT2D eigenvalue weighted by Crippen LogP contribution is -2.54. The quantitative estimate of drug-likeness (QED) is 0.616. The normalized spacial score (nSPS) is 28.1. The number of amides is 1. The van der Waals surface area contributed by atoms with Crippen LogP contribution in [-0.4, -0.2) is 49.0 Å². The molecule has 1 spiro atoms. The van der Waals surface area contributed by atoms with Gasteiger partial charge in [-0.1, -0.05) is 0 Å². The molecule has 0 unspecified atom stereocenters. The monoisotopic (exact) mass is 210 g/mol. The summed E-state index contributed by atoms with van der Waals surface area (Å²) in [6.07, 6.45) is 1.72. The number of rotatable bonds is 1. The number of nitrogens with one attached hydrogen (secondary N) is 2. The number of likely N-dealkylation sites (tertiary alicyclic amines) is 1. The fourth-order valence-electron chi connectivity index (χ4n) is 2.13. The molecule has 0 saturated carbocycles. The van der Waals surface area contributed by atoms with Crippen molar-refractivity contribution in [3.63, 3.8) is 0 Å². The Hall–Kier alpha value is -1.10. The summed E-state index contributed by atoms with van der Waals surface area (Å²) in [6, 6.07) is 0. The van der Waals surface area contributed by atoms with Gasteiger partial charge in [-0.25, -0.2) is 0 Å². The molecule has 2 aliphatic heterocycles. The predicted octanol–water partition coefficient (Wildman–Crippen LogP) is -0.454. The van der Waals surface area contributed by atoms with E-state index in [9.17, 15) is 4.79 Å². The fourth-order valence-corrected chi connectivity index (χ4v) is 2.13. The third kappa shape index (κ3) is 1.84. The maximum atomic E-state index is 11.9. The highest BCUT2D eigenvalue weighted by Crippen LogP contribution is 2.24. The number of hydrogen-bond acceptors (Lipinski definition) is 3. The van der Waals surface area contributed by atoms with Crippen LogP contribution in [0.2, 0.25) is 0 Å². The molecule has 2 rings (SSSR count). The molecule has 1 amide bonds. The van der Waals surface area contributed by atoms with E-state index in [2.05, 4.69) is 27.6 Å². The Morgan fingerprint density at radius 1 is 1.47 bits per heavy atom. The summed E-state index contributed by atoms with van der Waals surface area (Å²) < 4.78 is 0. The van der Waals surface area contributed by atoms with Crippen LogP contribution in [0.5, 0.6) is 0 Å². The Kier molecular flexibility index (Phi) is 2.65. The van der Waals surface area contributed by atoms with E-state index in [4.69, 9.17) is 0 Å². The highest BCUT2D eigenvalue weighted by atomic mass is 16.2. The highest BCUT2D eigenvalue weighted by molar-refractivity contribution is 6.09. The molecule has 84 valence electrons. The zero-order valence-corrected chi connectivity index (χ0v) is 9.34. The molecule has 2 fully saturated rings. The van der Waals surface area contributed by atoms with Crippen molar-refractivity contribution >= 4 is 11.9 Å². The molecule has 0 radical (unpaired) electrons. The van der Waals surface area contributed by atoms with Gasteiger partial charge in [-0.2, -0.15) is 0 Å². The van der Waals surface area contributed by atoms with Crippen molar-refractivity contribution in [1.29, 1.82) is 0 Å². The summed E-state index contributed by atoms with van der Waals surface area (Å²) in [7, 11) is 2.08. The lowest BCUT2D eigenvalue weighted by atomic mass is 9.88. The first-order chi connectivity index (χ1) is 7.16. The van der Waals surface area contributed by atoms with Crippen molar-refractivity contribution in [2.75, 3.05) is 26.7 Å². The molecular weight excluding hydrogens is 192 g/mol. The topological polar surface area (TPSA) is 56.7 Å². The zero-order chi connectivity index (χ0) is 10.9. The minimum Gasteiger partial charge on any atom is -0.342 e. The van der Waals surface area contributed by atoms with E-state index in [0.717, 1.165) is 25.9 Å². The van der Waals surface area contributed by atoms with E-state index in [1.165, 1.54) is 0 Å². The molecule has 15 heavy (non-hydrogen) atoms. The second-order valence-corrected chi connectivity index (χ2v) is 4.29. The van der Waals surface area contributed by atoms with Crippen LogP contribution in [-0.2, 0) is 4.79 Å². The van der Waals surface area contributed by atoms with Gasteiger partial charge < -0.3 is 10.2 Å².